The third-order valence-electron chi connectivity index (χ3n) is 12.5. The first kappa shape index (κ1) is 34.5. The molecule has 0 saturated heterocycles. The summed E-state index contributed by atoms with van der Waals surface area (Å²) in [5.41, 5.74) is 9.81. The predicted octanol–water partition coefficient (Wildman–Crippen LogP) is 14.5. The van der Waals surface area contributed by atoms with E-state index < -0.39 is 0 Å². The molecule has 0 N–H and O–H groups in total. The first-order valence-electron chi connectivity index (χ1n) is 21.0. The lowest BCUT2D eigenvalue weighted by Crippen LogP contribution is -2.00. The molecule has 288 valence electrons. The summed E-state index contributed by atoms with van der Waals surface area (Å²) in [6, 6.07) is 75.9. The molecule has 0 bridgehead atoms. The van der Waals surface area contributed by atoms with Crippen molar-refractivity contribution in [2.24, 2.45) is 0 Å². The average molecular weight is 790 g/mol. The van der Waals surface area contributed by atoms with Crippen molar-refractivity contribution in [3.05, 3.63) is 212 Å². The van der Waals surface area contributed by atoms with Crippen molar-refractivity contribution >= 4 is 75.9 Å². The highest BCUT2D eigenvalue weighted by Crippen LogP contribution is 2.41. The summed E-state index contributed by atoms with van der Waals surface area (Å²) in [5.74, 6) is 1.94. The molecular weight excluding hydrogens is 755 g/mol. The van der Waals surface area contributed by atoms with Gasteiger partial charge in [0.05, 0.1) is 22.1 Å². The Hall–Kier alpha value is -8.41. The van der Waals surface area contributed by atoms with E-state index in [4.69, 9.17) is 15.0 Å². The highest BCUT2D eigenvalue weighted by atomic mass is 15.0. The van der Waals surface area contributed by atoms with Crippen molar-refractivity contribution in [3.63, 3.8) is 0 Å². The molecule has 10 aromatic carbocycles. The van der Waals surface area contributed by atoms with Crippen molar-refractivity contribution in [1.29, 1.82) is 0 Å². The summed E-state index contributed by atoms with van der Waals surface area (Å²) in [5, 5.41) is 12.0. The molecule has 0 unspecified atom stereocenters. The van der Waals surface area contributed by atoms with Crippen molar-refractivity contribution < 1.29 is 0 Å². The van der Waals surface area contributed by atoms with Crippen LogP contribution in [0, 0.1) is 0 Å². The van der Waals surface area contributed by atoms with Crippen LogP contribution in [0.3, 0.4) is 0 Å². The predicted molar refractivity (Wildman–Crippen MR) is 257 cm³/mol. The van der Waals surface area contributed by atoms with Gasteiger partial charge in [-0.1, -0.05) is 146 Å². The fourth-order valence-corrected chi connectivity index (χ4v) is 9.49. The summed E-state index contributed by atoms with van der Waals surface area (Å²) in [6.07, 6.45) is 0. The Labute approximate surface area is 356 Å². The largest absolute Gasteiger partial charge is 0.309 e. The summed E-state index contributed by atoms with van der Waals surface area (Å²) in [6.45, 7) is 0. The number of aromatic nitrogens is 5. The van der Waals surface area contributed by atoms with Gasteiger partial charge in [-0.05, 0) is 99.0 Å². The SMILES string of the molecule is c1ccc(-c2nc(-c3ccc4ccccc4c3)nc(-c3ccc4cc(-n5c6ccccc6c6cc7c8cc9ccccc9cc8n(-c8ccccc8)c7cc65)ccc4c3)n2)cc1. The number of benzene rings is 10. The number of rotatable bonds is 5. The molecule has 5 nitrogen and oxygen atoms in total. The Morgan fingerprint density at radius 3 is 1.44 bits per heavy atom. The molecule has 3 aromatic heterocycles. The first-order valence-corrected chi connectivity index (χ1v) is 21.0. The van der Waals surface area contributed by atoms with Gasteiger partial charge in [0.2, 0.25) is 0 Å². The average Bonchev–Trinajstić information content (AvgIpc) is 3.83. The monoisotopic (exact) mass is 789 g/mol. The molecule has 62 heavy (non-hydrogen) atoms. The molecular formula is C57H35N5. The Bertz CT molecular complexity index is 3920. The van der Waals surface area contributed by atoms with Crippen molar-refractivity contribution in [1.82, 2.24) is 24.1 Å². The quantitative estimate of drug-likeness (QED) is 0.174. The lowest BCUT2D eigenvalue weighted by atomic mass is 10.0. The molecule has 13 rings (SSSR count). The molecule has 0 aliphatic heterocycles. The van der Waals surface area contributed by atoms with Crippen LogP contribution < -0.4 is 0 Å². The minimum Gasteiger partial charge on any atom is -0.309 e. The van der Waals surface area contributed by atoms with Crippen LogP contribution in [0.4, 0.5) is 0 Å². The zero-order valence-electron chi connectivity index (χ0n) is 33.4. The molecule has 0 aliphatic carbocycles. The zero-order chi connectivity index (χ0) is 40.7. The molecule has 0 atom stereocenters. The zero-order valence-corrected chi connectivity index (χ0v) is 33.4. The normalized spacial score (nSPS) is 11.9. The van der Waals surface area contributed by atoms with Crippen LogP contribution in [0.2, 0.25) is 0 Å². The van der Waals surface area contributed by atoms with Gasteiger partial charge < -0.3 is 9.13 Å². The fourth-order valence-electron chi connectivity index (χ4n) is 9.49. The molecule has 0 aliphatic rings. The minimum absolute atomic E-state index is 0.640. The maximum Gasteiger partial charge on any atom is 0.164 e. The van der Waals surface area contributed by atoms with E-state index in [2.05, 4.69) is 191 Å². The van der Waals surface area contributed by atoms with Gasteiger partial charge in [0.1, 0.15) is 0 Å². The van der Waals surface area contributed by atoms with E-state index >= 15 is 0 Å². The van der Waals surface area contributed by atoms with Crippen molar-refractivity contribution in [2.75, 3.05) is 0 Å². The smallest absolute Gasteiger partial charge is 0.164 e. The van der Waals surface area contributed by atoms with Crippen LogP contribution in [0.15, 0.2) is 212 Å². The summed E-state index contributed by atoms with van der Waals surface area (Å²) < 4.78 is 4.85. The third-order valence-corrected chi connectivity index (χ3v) is 12.5. The fraction of sp³-hybridized carbons (Fsp3) is 0. The Balaban J connectivity index is 0.980. The standard InChI is InChI=1S/C57H35N5/c1-3-14-37(15-4-1)55-58-56(43-25-23-36-13-7-8-16-38(36)29-43)60-57(59-55)44-26-24-42-31-46(28-27-41(42)30-44)62-51-22-12-11-21-47(51)49-34-50-48-32-39-17-9-10-18-40(39)33-52(48)61(54(50)35-53(49)62)45-19-5-2-6-20-45/h1-35H. The van der Waals surface area contributed by atoms with E-state index in [0.717, 1.165) is 44.2 Å². The Morgan fingerprint density at radius 2 is 0.710 bits per heavy atom. The second-order valence-corrected chi connectivity index (χ2v) is 16.1. The van der Waals surface area contributed by atoms with E-state index in [1.165, 1.54) is 59.8 Å². The van der Waals surface area contributed by atoms with Crippen LogP contribution >= 0.6 is 0 Å². The first-order chi connectivity index (χ1) is 30.7. The molecule has 5 heteroatoms. The summed E-state index contributed by atoms with van der Waals surface area (Å²) >= 11 is 0. The van der Waals surface area contributed by atoms with Gasteiger partial charge in [-0.2, -0.15) is 0 Å². The second kappa shape index (κ2) is 13.6. The Kier molecular flexibility index (Phi) is 7.54. The maximum atomic E-state index is 5.10. The van der Waals surface area contributed by atoms with E-state index in [-0.39, 0.29) is 0 Å². The van der Waals surface area contributed by atoms with Crippen LogP contribution in [-0.2, 0) is 0 Å². The van der Waals surface area contributed by atoms with Crippen LogP contribution in [-0.4, -0.2) is 24.1 Å². The van der Waals surface area contributed by atoms with Gasteiger partial charge in [-0.3, -0.25) is 0 Å². The number of para-hydroxylation sites is 2. The van der Waals surface area contributed by atoms with Gasteiger partial charge in [0.15, 0.2) is 17.5 Å². The van der Waals surface area contributed by atoms with Crippen molar-refractivity contribution in [2.45, 2.75) is 0 Å². The number of nitrogens with zero attached hydrogens (tertiary/aromatic N) is 5. The van der Waals surface area contributed by atoms with E-state index in [0.29, 0.717) is 17.5 Å². The molecule has 13 aromatic rings. The number of hydrogen-bond donors (Lipinski definition) is 0. The maximum absolute atomic E-state index is 5.10. The number of fused-ring (bicyclic) bond motifs is 9. The highest BCUT2D eigenvalue weighted by molar-refractivity contribution is 6.21. The minimum atomic E-state index is 0.640. The summed E-state index contributed by atoms with van der Waals surface area (Å²) in [4.78, 5) is 15.1. The van der Waals surface area contributed by atoms with Gasteiger partial charge in [-0.15, -0.1) is 0 Å². The molecule has 0 radical (unpaired) electrons. The van der Waals surface area contributed by atoms with Crippen LogP contribution in [0.25, 0.3) is 121 Å². The third kappa shape index (κ3) is 5.45. The molecule has 3 heterocycles. The van der Waals surface area contributed by atoms with E-state index in [1.54, 1.807) is 0 Å². The molecule has 0 fully saturated rings. The lowest BCUT2D eigenvalue weighted by molar-refractivity contribution is 1.07. The molecule has 0 saturated carbocycles. The molecule has 0 spiro atoms. The lowest BCUT2D eigenvalue weighted by Gasteiger charge is -2.12. The van der Waals surface area contributed by atoms with E-state index in [9.17, 15) is 0 Å². The van der Waals surface area contributed by atoms with Gasteiger partial charge >= 0.3 is 0 Å². The Morgan fingerprint density at radius 1 is 0.242 bits per heavy atom. The van der Waals surface area contributed by atoms with Gasteiger partial charge in [0, 0.05) is 49.6 Å². The van der Waals surface area contributed by atoms with Gasteiger partial charge in [0.25, 0.3) is 0 Å². The summed E-state index contributed by atoms with van der Waals surface area (Å²) in [7, 11) is 0. The van der Waals surface area contributed by atoms with Crippen molar-refractivity contribution in [3.8, 4) is 45.5 Å². The number of hydrogen-bond acceptors (Lipinski definition) is 3. The van der Waals surface area contributed by atoms with Gasteiger partial charge in [-0.25, -0.2) is 15.0 Å². The second-order valence-electron chi connectivity index (χ2n) is 16.1. The molecule has 0 amide bonds. The van der Waals surface area contributed by atoms with Crippen LogP contribution in [0.5, 0.6) is 0 Å². The topological polar surface area (TPSA) is 48.5 Å². The van der Waals surface area contributed by atoms with Crippen LogP contribution in [0.1, 0.15) is 0 Å². The van der Waals surface area contributed by atoms with E-state index in [1.807, 2.05) is 30.3 Å². The highest BCUT2D eigenvalue weighted by Gasteiger charge is 2.20.